The van der Waals surface area contributed by atoms with E-state index in [1.807, 2.05) is 0 Å². The minimum Gasteiger partial charge on any atom is -0.478 e. The third kappa shape index (κ3) is 15.1. The molecule has 4 nitrogen and oxygen atoms in total. The largest absolute Gasteiger partial charge is 0.478 e. The Balaban J connectivity index is 0. The molecule has 0 rings (SSSR count). The molecule has 0 aliphatic heterocycles. The van der Waals surface area contributed by atoms with Gasteiger partial charge in [0.1, 0.15) is 6.10 Å². The molecule has 0 radical (unpaired) electrons. The second-order valence-corrected chi connectivity index (χ2v) is 5.79. The highest BCUT2D eigenvalue weighted by Crippen LogP contribution is 2.22. The molecule has 0 fully saturated rings. The van der Waals surface area contributed by atoms with Crippen molar-refractivity contribution in [2.24, 2.45) is 5.92 Å². The number of rotatable bonds is 11. The van der Waals surface area contributed by atoms with E-state index in [-0.39, 0.29) is 17.6 Å². The van der Waals surface area contributed by atoms with E-state index >= 15 is 0 Å². The average molecular weight is 326 g/mol. The van der Waals surface area contributed by atoms with E-state index in [9.17, 15) is 9.59 Å². The lowest BCUT2D eigenvalue weighted by Crippen LogP contribution is -2.20. The number of carboxylic acid groups (broad SMARTS) is 1. The molecule has 134 valence electrons. The Morgan fingerprint density at radius 1 is 1.17 bits per heavy atom. The van der Waals surface area contributed by atoms with E-state index in [1.165, 1.54) is 38.7 Å². The number of hydrogen-bond acceptors (Lipinski definition) is 3. The molecule has 0 heterocycles. The zero-order valence-corrected chi connectivity index (χ0v) is 15.3. The molecule has 0 bridgehead atoms. The molecule has 4 heteroatoms. The third-order valence-corrected chi connectivity index (χ3v) is 3.56. The molecule has 0 saturated carbocycles. The maximum atomic E-state index is 11.2. The number of hydrogen-bond donors (Lipinski definition) is 1. The van der Waals surface area contributed by atoms with Gasteiger partial charge in [0, 0.05) is 11.6 Å². The lowest BCUT2D eigenvalue weighted by Gasteiger charge is -2.22. The summed E-state index contributed by atoms with van der Waals surface area (Å²) in [5.74, 6) is -0.534. The SMILES string of the molecule is C=C(C)C(=O)O.C=CC(=O)OC(CCC)CC(CC)CCCC. The van der Waals surface area contributed by atoms with E-state index in [4.69, 9.17) is 9.84 Å². The van der Waals surface area contributed by atoms with Crippen LogP contribution < -0.4 is 0 Å². The summed E-state index contributed by atoms with van der Waals surface area (Å²) < 4.78 is 5.40. The van der Waals surface area contributed by atoms with Crippen LogP contribution in [0.4, 0.5) is 0 Å². The number of aliphatic carboxylic acids is 1. The fraction of sp³-hybridized carbons (Fsp3) is 0.684. The van der Waals surface area contributed by atoms with Crippen LogP contribution in [0, 0.1) is 5.92 Å². The standard InChI is InChI=1S/C15H28O2.C4H6O2/c1-5-9-11-13(7-3)12-14(10-6-2)17-15(16)8-4;1-3(2)4(5)6/h8,13-14H,4-7,9-12H2,1-3H3;1H2,2H3,(H,5,6). The van der Waals surface area contributed by atoms with Crippen LogP contribution in [0.3, 0.4) is 0 Å². The molecular formula is C19H34O4. The number of carbonyl (C=O) groups is 2. The topological polar surface area (TPSA) is 63.6 Å². The highest BCUT2D eigenvalue weighted by atomic mass is 16.5. The van der Waals surface area contributed by atoms with Gasteiger partial charge in [-0.1, -0.05) is 66.0 Å². The molecule has 0 amide bonds. The first-order valence-corrected chi connectivity index (χ1v) is 8.53. The highest BCUT2D eigenvalue weighted by Gasteiger charge is 2.17. The van der Waals surface area contributed by atoms with E-state index in [2.05, 4.69) is 33.9 Å². The second-order valence-electron chi connectivity index (χ2n) is 5.79. The molecule has 0 saturated heterocycles. The predicted molar refractivity (Wildman–Crippen MR) is 95.4 cm³/mol. The van der Waals surface area contributed by atoms with Gasteiger partial charge in [-0.2, -0.15) is 0 Å². The number of carbonyl (C=O) groups excluding carboxylic acids is 1. The fourth-order valence-electron chi connectivity index (χ4n) is 2.11. The van der Waals surface area contributed by atoms with E-state index in [0.717, 1.165) is 19.3 Å². The normalized spacial score (nSPS) is 12.3. The van der Waals surface area contributed by atoms with Crippen LogP contribution in [0.25, 0.3) is 0 Å². The maximum Gasteiger partial charge on any atom is 0.330 e. The van der Waals surface area contributed by atoms with Gasteiger partial charge in [0.05, 0.1) is 0 Å². The summed E-state index contributed by atoms with van der Waals surface area (Å²) in [5, 5.41) is 7.89. The zero-order valence-electron chi connectivity index (χ0n) is 15.3. The van der Waals surface area contributed by atoms with E-state index in [1.54, 1.807) is 0 Å². The average Bonchev–Trinajstić information content (AvgIpc) is 2.51. The van der Waals surface area contributed by atoms with Gasteiger partial charge in [0.15, 0.2) is 0 Å². The van der Waals surface area contributed by atoms with Crippen molar-refractivity contribution in [2.45, 2.75) is 78.7 Å². The van der Waals surface area contributed by atoms with E-state index < -0.39 is 5.97 Å². The van der Waals surface area contributed by atoms with Crippen LogP contribution in [-0.2, 0) is 14.3 Å². The predicted octanol–water partition coefficient (Wildman–Crippen LogP) is 5.14. The summed E-state index contributed by atoms with van der Waals surface area (Å²) >= 11 is 0. The van der Waals surface area contributed by atoms with Crippen LogP contribution in [0.15, 0.2) is 24.8 Å². The monoisotopic (exact) mass is 326 g/mol. The zero-order chi connectivity index (χ0) is 18.3. The smallest absolute Gasteiger partial charge is 0.330 e. The molecule has 0 aromatic carbocycles. The molecule has 2 unspecified atom stereocenters. The van der Waals surface area contributed by atoms with Crippen molar-refractivity contribution in [3.05, 3.63) is 24.8 Å². The first kappa shape index (κ1) is 23.7. The van der Waals surface area contributed by atoms with Gasteiger partial charge in [-0.05, 0) is 25.7 Å². The Morgan fingerprint density at radius 2 is 1.74 bits per heavy atom. The quantitative estimate of drug-likeness (QED) is 0.422. The molecule has 23 heavy (non-hydrogen) atoms. The highest BCUT2D eigenvalue weighted by molar-refractivity contribution is 5.84. The minimum absolute atomic E-state index is 0.0762. The number of carboxylic acids is 1. The Labute approximate surface area is 141 Å². The first-order valence-electron chi connectivity index (χ1n) is 8.53. The molecule has 0 aromatic rings. The number of unbranched alkanes of at least 4 members (excludes halogenated alkanes) is 1. The lowest BCUT2D eigenvalue weighted by atomic mass is 9.92. The Morgan fingerprint density at radius 3 is 2.09 bits per heavy atom. The van der Waals surface area contributed by atoms with Crippen LogP contribution in [0.5, 0.6) is 0 Å². The molecule has 1 N–H and O–H groups in total. The van der Waals surface area contributed by atoms with Crippen molar-refractivity contribution >= 4 is 11.9 Å². The van der Waals surface area contributed by atoms with Gasteiger partial charge in [-0.25, -0.2) is 9.59 Å². The summed E-state index contributed by atoms with van der Waals surface area (Å²) in [5.41, 5.74) is 0.176. The van der Waals surface area contributed by atoms with Crippen molar-refractivity contribution in [3.63, 3.8) is 0 Å². The van der Waals surface area contributed by atoms with Crippen LogP contribution in [0.1, 0.15) is 72.6 Å². The van der Waals surface area contributed by atoms with Crippen molar-refractivity contribution in [1.29, 1.82) is 0 Å². The number of esters is 1. The number of ether oxygens (including phenoxy) is 1. The third-order valence-electron chi connectivity index (χ3n) is 3.56. The molecular weight excluding hydrogens is 292 g/mol. The summed E-state index contributed by atoms with van der Waals surface area (Å²) in [6, 6.07) is 0. The maximum absolute atomic E-state index is 11.2. The fourth-order valence-corrected chi connectivity index (χ4v) is 2.11. The van der Waals surface area contributed by atoms with Gasteiger partial charge >= 0.3 is 11.9 Å². The van der Waals surface area contributed by atoms with Crippen LogP contribution in [0.2, 0.25) is 0 Å². The van der Waals surface area contributed by atoms with E-state index in [0.29, 0.717) is 5.92 Å². The van der Waals surface area contributed by atoms with Crippen molar-refractivity contribution in [2.75, 3.05) is 0 Å². The molecule has 0 spiro atoms. The van der Waals surface area contributed by atoms with Gasteiger partial charge < -0.3 is 9.84 Å². The molecule has 0 aromatic heterocycles. The van der Waals surface area contributed by atoms with Gasteiger partial charge in [-0.3, -0.25) is 0 Å². The Bertz CT molecular complexity index is 348. The summed E-state index contributed by atoms with van der Waals surface area (Å²) in [6.07, 6.45) is 9.28. The van der Waals surface area contributed by atoms with Crippen molar-refractivity contribution < 1.29 is 19.4 Å². The Kier molecular flexibility index (Phi) is 15.8. The first-order chi connectivity index (χ1) is 10.8. The van der Waals surface area contributed by atoms with Gasteiger partial charge in [-0.15, -0.1) is 0 Å². The Hall–Kier alpha value is -1.58. The summed E-state index contributed by atoms with van der Waals surface area (Å²) in [6.45, 7) is 14.6. The molecule has 0 aliphatic carbocycles. The second kappa shape index (κ2) is 15.3. The van der Waals surface area contributed by atoms with Crippen LogP contribution >= 0.6 is 0 Å². The van der Waals surface area contributed by atoms with Gasteiger partial charge in [0.2, 0.25) is 0 Å². The minimum atomic E-state index is -0.935. The lowest BCUT2D eigenvalue weighted by molar-refractivity contribution is -0.144. The van der Waals surface area contributed by atoms with Crippen LogP contribution in [-0.4, -0.2) is 23.1 Å². The van der Waals surface area contributed by atoms with Gasteiger partial charge in [0.25, 0.3) is 0 Å². The summed E-state index contributed by atoms with van der Waals surface area (Å²) in [4.78, 5) is 20.8. The molecule has 0 aliphatic rings. The summed E-state index contributed by atoms with van der Waals surface area (Å²) in [7, 11) is 0. The van der Waals surface area contributed by atoms with Crippen molar-refractivity contribution in [1.82, 2.24) is 0 Å². The molecule has 2 atom stereocenters. The van der Waals surface area contributed by atoms with Crippen molar-refractivity contribution in [3.8, 4) is 0 Å².